The second kappa shape index (κ2) is 7.67. The molecule has 0 N–H and O–H groups in total. The topological polar surface area (TPSA) is 32.3 Å². The van der Waals surface area contributed by atoms with Crippen molar-refractivity contribution < 1.29 is 13.2 Å². The molecule has 4 aromatic rings. The van der Waals surface area contributed by atoms with Gasteiger partial charge in [-0.2, -0.15) is 13.2 Å². The van der Waals surface area contributed by atoms with Crippen LogP contribution in [0.2, 0.25) is 0 Å². The molecule has 160 valence electrons. The van der Waals surface area contributed by atoms with Gasteiger partial charge in [-0.3, -0.25) is 0 Å². The first-order valence-corrected chi connectivity index (χ1v) is 10.1. The lowest BCUT2D eigenvalue weighted by Crippen LogP contribution is -2.24. The summed E-state index contributed by atoms with van der Waals surface area (Å²) in [6, 6.07) is 26.6. The lowest BCUT2D eigenvalue weighted by Gasteiger charge is -2.19. The molecule has 1 aromatic heterocycles. The summed E-state index contributed by atoms with van der Waals surface area (Å²) in [6.07, 6.45) is -4.65. The molecule has 4 nitrogen and oxygen atoms in total. The van der Waals surface area contributed by atoms with E-state index in [-0.39, 0.29) is 11.5 Å². The molecule has 0 spiro atoms. The van der Waals surface area contributed by atoms with Crippen molar-refractivity contribution in [1.82, 2.24) is 9.97 Å². The van der Waals surface area contributed by atoms with Crippen LogP contribution in [0.25, 0.3) is 22.4 Å². The molecule has 0 radical (unpaired) electrons. The summed E-state index contributed by atoms with van der Waals surface area (Å²) in [4.78, 5) is 11.5. The Labute approximate surface area is 183 Å². The van der Waals surface area contributed by atoms with Crippen LogP contribution in [-0.2, 0) is 6.18 Å². The highest BCUT2D eigenvalue weighted by Gasteiger charge is 2.39. The Morgan fingerprint density at radius 1 is 0.719 bits per heavy atom. The normalized spacial score (nSPS) is 13.4. The van der Waals surface area contributed by atoms with E-state index in [1.807, 2.05) is 72.6 Å². The van der Waals surface area contributed by atoms with Crippen molar-refractivity contribution in [2.24, 2.45) is 0 Å². The summed E-state index contributed by atoms with van der Waals surface area (Å²) in [5, 5.41) is 0. The van der Waals surface area contributed by atoms with Gasteiger partial charge in [0.2, 0.25) is 5.82 Å². The maximum absolute atomic E-state index is 13.7. The molecule has 0 bridgehead atoms. The first-order valence-electron chi connectivity index (χ1n) is 10.1. The van der Waals surface area contributed by atoms with Crippen LogP contribution in [0.15, 0.2) is 84.9 Å². The Morgan fingerprint density at radius 3 is 1.88 bits per heavy atom. The molecule has 0 amide bonds. The minimum absolute atomic E-state index is 0.251. The fourth-order valence-corrected chi connectivity index (χ4v) is 3.92. The van der Waals surface area contributed by atoms with Crippen LogP contribution in [0.4, 0.5) is 30.4 Å². The molecule has 1 aliphatic rings. The summed E-state index contributed by atoms with van der Waals surface area (Å²) < 4.78 is 41.0. The van der Waals surface area contributed by atoms with E-state index in [2.05, 4.69) is 9.97 Å². The second-order valence-electron chi connectivity index (χ2n) is 7.61. The zero-order valence-electron chi connectivity index (χ0n) is 17.2. The maximum atomic E-state index is 13.7. The Balaban J connectivity index is 1.62. The van der Waals surface area contributed by atoms with Crippen molar-refractivity contribution in [3.63, 3.8) is 0 Å². The number of nitrogens with zero attached hydrogens (tertiary/aromatic N) is 4. The molecule has 0 saturated carbocycles. The number of alkyl halides is 3. The standard InChI is InChI=1S/C25H19F3N4/c1-31-16-32(20-14-12-18(13-15-20)17-8-4-2-5-9-17)23-22(31)21(19-10-6-3-7-11-19)29-24(30-23)25(26,27)28/h2-15H,16H2,1H3. The maximum Gasteiger partial charge on any atom is 0.451 e. The van der Waals surface area contributed by atoms with Gasteiger partial charge in [-0.15, -0.1) is 0 Å². The van der Waals surface area contributed by atoms with Gasteiger partial charge in [-0.25, -0.2) is 9.97 Å². The summed E-state index contributed by atoms with van der Waals surface area (Å²) >= 11 is 0. The fourth-order valence-electron chi connectivity index (χ4n) is 3.92. The predicted molar refractivity (Wildman–Crippen MR) is 120 cm³/mol. The highest BCUT2D eigenvalue weighted by molar-refractivity contribution is 5.89. The lowest BCUT2D eigenvalue weighted by molar-refractivity contribution is -0.144. The van der Waals surface area contributed by atoms with E-state index >= 15 is 0 Å². The largest absolute Gasteiger partial charge is 0.451 e. The first-order chi connectivity index (χ1) is 15.4. The molecule has 0 atom stereocenters. The molecule has 0 saturated heterocycles. The van der Waals surface area contributed by atoms with Crippen molar-refractivity contribution in [2.45, 2.75) is 6.18 Å². The molecule has 0 unspecified atom stereocenters. The summed E-state index contributed by atoms with van der Waals surface area (Å²) in [5.41, 5.74) is 4.34. The minimum atomic E-state index is -4.65. The van der Waals surface area contributed by atoms with E-state index in [0.717, 1.165) is 16.8 Å². The third-order valence-corrected chi connectivity index (χ3v) is 5.44. The molecule has 1 aliphatic heterocycles. The van der Waals surface area contributed by atoms with E-state index in [0.29, 0.717) is 17.9 Å². The predicted octanol–water partition coefficient (Wildman–Crippen LogP) is 6.37. The third-order valence-electron chi connectivity index (χ3n) is 5.44. The van der Waals surface area contributed by atoms with Gasteiger partial charge in [0.25, 0.3) is 0 Å². The van der Waals surface area contributed by atoms with Gasteiger partial charge < -0.3 is 9.80 Å². The van der Waals surface area contributed by atoms with E-state index in [9.17, 15) is 13.2 Å². The SMILES string of the molecule is CN1CN(c2ccc(-c3ccccc3)cc2)c2nc(C(F)(F)F)nc(-c3ccccc3)c21. The number of hydrogen-bond donors (Lipinski definition) is 0. The average molecular weight is 432 g/mol. The molecule has 5 rings (SSSR count). The van der Waals surface area contributed by atoms with Gasteiger partial charge in [0, 0.05) is 18.3 Å². The van der Waals surface area contributed by atoms with Crippen molar-refractivity contribution >= 4 is 17.2 Å². The van der Waals surface area contributed by atoms with Crippen LogP contribution >= 0.6 is 0 Å². The molecular formula is C25H19F3N4. The lowest BCUT2D eigenvalue weighted by atomic mass is 10.1. The Bertz CT molecular complexity index is 1240. The number of anilines is 3. The number of halogens is 3. The van der Waals surface area contributed by atoms with E-state index in [1.165, 1.54) is 0 Å². The van der Waals surface area contributed by atoms with Crippen LogP contribution in [0, 0.1) is 0 Å². The highest BCUT2D eigenvalue weighted by atomic mass is 19.4. The molecule has 3 aromatic carbocycles. The van der Waals surface area contributed by atoms with Crippen molar-refractivity contribution in [3.05, 3.63) is 90.8 Å². The van der Waals surface area contributed by atoms with Gasteiger partial charge >= 0.3 is 6.18 Å². The number of hydrogen-bond acceptors (Lipinski definition) is 4. The van der Waals surface area contributed by atoms with Gasteiger partial charge in [0.05, 0.1) is 12.4 Å². The van der Waals surface area contributed by atoms with Gasteiger partial charge in [0.15, 0.2) is 5.82 Å². The molecular weight excluding hydrogens is 413 g/mol. The summed E-state index contributed by atoms with van der Waals surface area (Å²) in [7, 11) is 1.83. The number of aromatic nitrogens is 2. The van der Waals surface area contributed by atoms with Crippen molar-refractivity contribution in [3.8, 4) is 22.4 Å². The summed E-state index contributed by atoms with van der Waals surface area (Å²) in [5.74, 6) is -0.891. The third kappa shape index (κ3) is 3.56. The Kier molecular flexibility index (Phi) is 4.81. The monoisotopic (exact) mass is 432 g/mol. The van der Waals surface area contributed by atoms with Crippen LogP contribution < -0.4 is 9.80 Å². The van der Waals surface area contributed by atoms with E-state index < -0.39 is 12.0 Å². The van der Waals surface area contributed by atoms with Crippen molar-refractivity contribution in [2.75, 3.05) is 23.5 Å². The van der Waals surface area contributed by atoms with Crippen molar-refractivity contribution in [1.29, 1.82) is 0 Å². The van der Waals surface area contributed by atoms with E-state index in [1.54, 1.807) is 29.2 Å². The molecule has 0 fully saturated rings. The zero-order valence-corrected chi connectivity index (χ0v) is 17.2. The van der Waals surface area contributed by atoms with Crippen LogP contribution in [-0.4, -0.2) is 23.7 Å². The molecule has 7 heteroatoms. The fraction of sp³-hybridized carbons (Fsp3) is 0.120. The second-order valence-corrected chi connectivity index (χ2v) is 7.61. The van der Waals surface area contributed by atoms with E-state index in [4.69, 9.17) is 0 Å². The van der Waals surface area contributed by atoms with Gasteiger partial charge in [0.1, 0.15) is 5.69 Å². The summed E-state index contributed by atoms with van der Waals surface area (Å²) in [6.45, 7) is 0.371. The Hall–Kier alpha value is -3.87. The first kappa shape index (κ1) is 20.1. The highest BCUT2D eigenvalue weighted by Crippen LogP contribution is 2.45. The average Bonchev–Trinajstić information content (AvgIpc) is 3.16. The smallest absolute Gasteiger partial charge is 0.352 e. The van der Waals surface area contributed by atoms with Crippen LogP contribution in [0.1, 0.15) is 5.82 Å². The van der Waals surface area contributed by atoms with Gasteiger partial charge in [-0.1, -0.05) is 72.8 Å². The number of fused-ring (bicyclic) bond motifs is 1. The Morgan fingerprint density at radius 2 is 1.28 bits per heavy atom. The zero-order chi connectivity index (χ0) is 22.3. The molecule has 2 heterocycles. The number of rotatable bonds is 3. The quantitative estimate of drug-likeness (QED) is 0.376. The number of benzene rings is 3. The van der Waals surface area contributed by atoms with Crippen LogP contribution in [0.3, 0.4) is 0 Å². The molecule has 0 aliphatic carbocycles. The minimum Gasteiger partial charge on any atom is -0.352 e. The van der Waals surface area contributed by atoms with Gasteiger partial charge in [-0.05, 0) is 23.3 Å². The van der Waals surface area contributed by atoms with Crippen LogP contribution in [0.5, 0.6) is 0 Å². The molecule has 32 heavy (non-hydrogen) atoms.